The van der Waals surface area contributed by atoms with Crippen molar-refractivity contribution in [1.29, 1.82) is 0 Å². The fourth-order valence-electron chi connectivity index (χ4n) is 2.68. The van der Waals surface area contributed by atoms with Crippen LogP contribution in [0.1, 0.15) is 31.5 Å². The first-order valence-electron chi connectivity index (χ1n) is 7.79. The van der Waals surface area contributed by atoms with Crippen molar-refractivity contribution in [2.24, 2.45) is 0 Å². The molecule has 0 unspecified atom stereocenters. The highest BCUT2D eigenvalue weighted by molar-refractivity contribution is 7.10. The van der Waals surface area contributed by atoms with Gasteiger partial charge in [0, 0.05) is 25.1 Å². The lowest BCUT2D eigenvalue weighted by Gasteiger charge is -2.41. The van der Waals surface area contributed by atoms with Crippen molar-refractivity contribution in [1.82, 2.24) is 14.2 Å². The third kappa shape index (κ3) is 3.92. The summed E-state index contributed by atoms with van der Waals surface area (Å²) in [4.78, 5) is 18.7. The molecule has 23 heavy (non-hydrogen) atoms. The van der Waals surface area contributed by atoms with Gasteiger partial charge >= 0.3 is 6.03 Å². The zero-order chi connectivity index (χ0) is 17.0. The van der Waals surface area contributed by atoms with Crippen molar-refractivity contribution in [2.75, 3.05) is 31.3 Å². The number of aryl methyl sites for hydroxylation is 1. The lowest BCUT2D eigenvalue weighted by atomic mass is 10.2. The molecule has 1 aromatic rings. The summed E-state index contributed by atoms with van der Waals surface area (Å²) in [5, 5.41) is 0.934. The summed E-state index contributed by atoms with van der Waals surface area (Å²) in [6.45, 7) is 12.4. The van der Waals surface area contributed by atoms with Gasteiger partial charge in [-0.05, 0) is 31.8 Å². The molecule has 2 amide bonds. The predicted molar refractivity (Wildman–Crippen MR) is 95.5 cm³/mol. The molecule has 0 bridgehead atoms. The molecule has 0 spiro atoms. The van der Waals surface area contributed by atoms with Crippen LogP contribution in [0.15, 0.2) is 12.2 Å². The molecule has 2 heterocycles. The lowest BCUT2D eigenvalue weighted by molar-refractivity contribution is 0.122. The molecule has 0 atom stereocenters. The number of hydrogen-bond donors (Lipinski definition) is 0. The van der Waals surface area contributed by atoms with Gasteiger partial charge in [-0.1, -0.05) is 19.1 Å². The summed E-state index contributed by atoms with van der Waals surface area (Å²) < 4.78 is 4.48. The maximum Gasteiger partial charge on any atom is 0.327 e. The molecule has 1 saturated heterocycles. The Bertz CT molecular complexity index is 631. The topological polar surface area (TPSA) is 39.7 Å². The minimum atomic E-state index is 0.0133. The first kappa shape index (κ1) is 17.5. The number of terminal acetylenes is 1. The SMILES string of the molecule is C#CCCN1CN(CC(=C)C)C(=O)N(c2snc(CC)c2C)C1. The van der Waals surface area contributed by atoms with Crippen LogP contribution in [0.3, 0.4) is 0 Å². The molecular weight excluding hydrogens is 308 g/mol. The van der Waals surface area contributed by atoms with Crippen LogP contribution in [-0.2, 0) is 6.42 Å². The summed E-state index contributed by atoms with van der Waals surface area (Å²) in [6.07, 6.45) is 6.93. The summed E-state index contributed by atoms with van der Waals surface area (Å²) in [7, 11) is 0. The Balaban J connectivity index is 2.27. The largest absolute Gasteiger partial charge is 0.327 e. The number of urea groups is 1. The summed E-state index contributed by atoms with van der Waals surface area (Å²) in [5.74, 6) is 2.67. The Morgan fingerprint density at radius 2 is 2.22 bits per heavy atom. The number of carbonyl (C=O) groups is 1. The van der Waals surface area contributed by atoms with E-state index in [1.807, 2.05) is 23.6 Å². The van der Waals surface area contributed by atoms with E-state index in [0.29, 0.717) is 26.3 Å². The van der Waals surface area contributed by atoms with Gasteiger partial charge in [0.25, 0.3) is 0 Å². The highest BCUT2D eigenvalue weighted by atomic mass is 32.1. The summed E-state index contributed by atoms with van der Waals surface area (Å²) in [6, 6.07) is 0.0133. The molecule has 6 heteroatoms. The molecule has 1 aliphatic rings. The third-order valence-electron chi connectivity index (χ3n) is 3.82. The van der Waals surface area contributed by atoms with Crippen molar-refractivity contribution in [3.8, 4) is 12.3 Å². The van der Waals surface area contributed by atoms with Crippen LogP contribution in [0, 0.1) is 19.3 Å². The van der Waals surface area contributed by atoms with E-state index in [-0.39, 0.29) is 6.03 Å². The van der Waals surface area contributed by atoms with Crippen LogP contribution in [0.4, 0.5) is 9.80 Å². The van der Waals surface area contributed by atoms with E-state index in [1.165, 1.54) is 11.5 Å². The van der Waals surface area contributed by atoms with E-state index >= 15 is 0 Å². The monoisotopic (exact) mass is 332 g/mol. The van der Waals surface area contributed by atoms with Gasteiger partial charge in [-0.25, -0.2) is 4.79 Å². The smallest absolute Gasteiger partial charge is 0.307 e. The van der Waals surface area contributed by atoms with Gasteiger partial charge in [0.15, 0.2) is 0 Å². The molecule has 5 nitrogen and oxygen atoms in total. The Kier molecular flexibility index (Phi) is 5.80. The first-order chi connectivity index (χ1) is 11.0. The first-order valence-corrected chi connectivity index (χ1v) is 8.57. The number of amides is 2. The molecule has 1 aliphatic heterocycles. The summed E-state index contributed by atoms with van der Waals surface area (Å²) in [5.41, 5.74) is 3.12. The van der Waals surface area contributed by atoms with Crippen LogP contribution in [0.2, 0.25) is 0 Å². The fraction of sp³-hybridized carbons (Fsp3) is 0.529. The number of hydrogen-bond acceptors (Lipinski definition) is 4. The minimum Gasteiger partial charge on any atom is -0.307 e. The molecule has 2 rings (SSSR count). The number of anilines is 1. The molecule has 0 saturated carbocycles. The maximum absolute atomic E-state index is 12.9. The molecule has 124 valence electrons. The Labute approximate surface area is 142 Å². The van der Waals surface area contributed by atoms with Crippen molar-refractivity contribution >= 4 is 22.6 Å². The molecule has 0 aliphatic carbocycles. The van der Waals surface area contributed by atoms with Gasteiger partial charge < -0.3 is 4.90 Å². The van der Waals surface area contributed by atoms with E-state index in [9.17, 15) is 4.79 Å². The third-order valence-corrected chi connectivity index (χ3v) is 4.83. The van der Waals surface area contributed by atoms with Gasteiger partial charge in [-0.2, -0.15) is 4.37 Å². The molecule has 0 radical (unpaired) electrons. The Hall–Kier alpha value is -1.84. The van der Waals surface area contributed by atoms with E-state index in [4.69, 9.17) is 6.42 Å². The molecule has 0 N–H and O–H groups in total. The van der Waals surface area contributed by atoms with Gasteiger partial charge in [-0.15, -0.1) is 12.3 Å². The van der Waals surface area contributed by atoms with Gasteiger partial charge in [0.1, 0.15) is 5.00 Å². The average molecular weight is 332 g/mol. The quantitative estimate of drug-likeness (QED) is 0.594. The number of nitrogens with zero attached hydrogens (tertiary/aromatic N) is 4. The molecule has 1 fully saturated rings. The van der Waals surface area contributed by atoms with Gasteiger partial charge in [0.05, 0.1) is 19.0 Å². The second-order valence-electron chi connectivity index (χ2n) is 5.91. The number of aromatic nitrogens is 1. The minimum absolute atomic E-state index is 0.0133. The fourth-order valence-corrected chi connectivity index (χ4v) is 3.63. The second kappa shape index (κ2) is 7.62. The normalized spacial score (nSPS) is 15.8. The standard InChI is InChI=1S/C17H24N4OS/c1-6-8-9-19-11-20(10-13(3)4)17(22)21(12-19)16-14(5)15(7-2)18-23-16/h1H,3,7-12H2,2,4-5H3. The van der Waals surface area contributed by atoms with Gasteiger partial charge in [-0.3, -0.25) is 9.80 Å². The maximum atomic E-state index is 12.9. The highest BCUT2D eigenvalue weighted by Gasteiger charge is 2.33. The zero-order valence-corrected chi connectivity index (χ0v) is 14.9. The summed E-state index contributed by atoms with van der Waals surface area (Å²) >= 11 is 1.40. The number of rotatable bonds is 6. The van der Waals surface area contributed by atoms with E-state index in [0.717, 1.165) is 34.8 Å². The lowest BCUT2D eigenvalue weighted by Crippen LogP contribution is -2.58. The van der Waals surface area contributed by atoms with E-state index in [2.05, 4.69) is 28.7 Å². The van der Waals surface area contributed by atoms with Crippen molar-refractivity contribution in [3.05, 3.63) is 23.4 Å². The predicted octanol–water partition coefficient (Wildman–Crippen LogP) is 3.07. The van der Waals surface area contributed by atoms with Gasteiger partial charge in [0.2, 0.25) is 0 Å². The van der Waals surface area contributed by atoms with Crippen LogP contribution < -0.4 is 4.90 Å². The van der Waals surface area contributed by atoms with Crippen molar-refractivity contribution in [3.63, 3.8) is 0 Å². The molecular formula is C17H24N4OS. The molecule has 0 aromatic carbocycles. The van der Waals surface area contributed by atoms with Crippen molar-refractivity contribution in [2.45, 2.75) is 33.6 Å². The van der Waals surface area contributed by atoms with E-state index in [1.54, 1.807) is 0 Å². The van der Waals surface area contributed by atoms with E-state index < -0.39 is 0 Å². The van der Waals surface area contributed by atoms with Crippen LogP contribution in [0.25, 0.3) is 0 Å². The van der Waals surface area contributed by atoms with Crippen molar-refractivity contribution < 1.29 is 4.79 Å². The Morgan fingerprint density at radius 1 is 1.48 bits per heavy atom. The average Bonchev–Trinajstić information content (AvgIpc) is 2.88. The number of carbonyl (C=O) groups excluding carboxylic acids is 1. The van der Waals surface area contributed by atoms with Crippen LogP contribution in [-0.4, -0.2) is 46.6 Å². The zero-order valence-electron chi connectivity index (χ0n) is 14.1. The Morgan fingerprint density at radius 3 is 2.78 bits per heavy atom. The van der Waals surface area contributed by atoms with Crippen LogP contribution in [0.5, 0.6) is 0 Å². The highest BCUT2D eigenvalue weighted by Crippen LogP contribution is 2.31. The molecule has 1 aromatic heterocycles. The van der Waals surface area contributed by atoms with Crippen LogP contribution >= 0.6 is 11.5 Å². The second-order valence-corrected chi connectivity index (χ2v) is 6.66.